The minimum Gasteiger partial charge on any atom is -0.479 e. The van der Waals surface area contributed by atoms with Gasteiger partial charge in [-0.15, -0.1) is 0 Å². The maximum absolute atomic E-state index is 13.8. The summed E-state index contributed by atoms with van der Waals surface area (Å²) in [4.78, 5) is 40.6. The Bertz CT molecular complexity index is 1550. The van der Waals surface area contributed by atoms with Crippen LogP contribution in [0.3, 0.4) is 0 Å². The summed E-state index contributed by atoms with van der Waals surface area (Å²) in [5, 5.41) is 8.11. The van der Waals surface area contributed by atoms with Gasteiger partial charge in [0.1, 0.15) is 22.9 Å². The molecule has 0 aliphatic carbocycles. The average molecular weight is 613 g/mol. The van der Waals surface area contributed by atoms with Gasteiger partial charge in [-0.1, -0.05) is 12.6 Å². The molecule has 1 unspecified atom stereocenters. The fraction of sp³-hybridized carbons (Fsp3) is 0.345. The Hall–Kier alpha value is -4.92. The summed E-state index contributed by atoms with van der Waals surface area (Å²) in [6.07, 6.45) is -2.22. The fourth-order valence-electron chi connectivity index (χ4n) is 4.83. The number of amides is 2. The Morgan fingerprint density at radius 1 is 1.16 bits per heavy atom. The van der Waals surface area contributed by atoms with E-state index in [0.717, 1.165) is 12.5 Å². The number of nitrogens with one attached hydrogen (secondary N) is 3. The number of methoxy groups -OCH3 is 1. The van der Waals surface area contributed by atoms with Crippen molar-refractivity contribution in [3.63, 3.8) is 0 Å². The number of nitrogens with zero attached hydrogens (tertiary/aromatic N) is 5. The molecule has 0 radical (unpaired) electrons. The number of hydrogen-bond acceptors (Lipinski definition) is 10. The highest BCUT2D eigenvalue weighted by Gasteiger charge is 2.37. The van der Waals surface area contributed by atoms with Crippen molar-refractivity contribution in [1.82, 2.24) is 19.9 Å². The highest BCUT2D eigenvalue weighted by atomic mass is 19.4. The average Bonchev–Trinajstić information content (AvgIpc) is 3.46. The zero-order valence-corrected chi connectivity index (χ0v) is 24.0. The van der Waals surface area contributed by atoms with Gasteiger partial charge in [0.05, 0.1) is 26.2 Å². The molecule has 0 saturated carbocycles. The lowest BCUT2D eigenvalue weighted by Crippen LogP contribution is -2.45. The molecule has 3 N–H and O–H groups in total. The number of anilines is 6. The van der Waals surface area contributed by atoms with Crippen molar-refractivity contribution < 1.29 is 32.2 Å². The molecule has 2 fully saturated rings. The van der Waals surface area contributed by atoms with Crippen LogP contribution in [0, 0.1) is 5.92 Å². The lowest BCUT2D eigenvalue weighted by molar-refractivity contribution is -0.148. The Kier molecular flexibility index (Phi) is 8.85. The van der Waals surface area contributed by atoms with Gasteiger partial charge in [-0.3, -0.25) is 9.59 Å². The highest BCUT2D eigenvalue weighted by Crippen LogP contribution is 2.36. The Balaban J connectivity index is 1.33. The molecular formula is C29H31F3N8O4. The Morgan fingerprint density at radius 2 is 1.93 bits per heavy atom. The van der Waals surface area contributed by atoms with Crippen LogP contribution < -0.4 is 25.6 Å². The SMILES string of the molecule is C=CC(=O)Nc1cccc(Nc2nc(Nc3ccc(N(C)C4CCN(C(=O)C5COC5)C4)nc3OC)ncc2C(F)(F)F)c1. The first kappa shape index (κ1) is 30.5. The Morgan fingerprint density at radius 3 is 2.61 bits per heavy atom. The van der Waals surface area contributed by atoms with Gasteiger partial charge in [0, 0.05) is 43.8 Å². The van der Waals surface area contributed by atoms with Gasteiger partial charge in [-0.25, -0.2) is 4.98 Å². The van der Waals surface area contributed by atoms with Crippen molar-refractivity contribution in [2.24, 2.45) is 5.92 Å². The molecule has 2 saturated heterocycles. The lowest BCUT2D eigenvalue weighted by atomic mass is 10.1. The smallest absolute Gasteiger partial charge is 0.421 e. The van der Waals surface area contributed by atoms with Gasteiger partial charge >= 0.3 is 6.18 Å². The summed E-state index contributed by atoms with van der Waals surface area (Å²) in [6, 6.07) is 9.59. The maximum Gasteiger partial charge on any atom is 0.421 e. The number of pyridine rings is 1. The van der Waals surface area contributed by atoms with E-state index < -0.39 is 23.5 Å². The molecule has 0 bridgehead atoms. The normalized spacial score (nSPS) is 16.6. The Labute approximate surface area is 251 Å². The first-order valence-electron chi connectivity index (χ1n) is 13.7. The predicted octanol–water partition coefficient (Wildman–Crippen LogP) is 4.19. The summed E-state index contributed by atoms with van der Waals surface area (Å²) < 4.78 is 52.1. The van der Waals surface area contributed by atoms with Crippen LogP contribution >= 0.6 is 0 Å². The van der Waals surface area contributed by atoms with Crippen LogP contribution in [0.2, 0.25) is 0 Å². The molecule has 2 amide bonds. The largest absolute Gasteiger partial charge is 0.479 e. The van der Waals surface area contributed by atoms with Crippen molar-refractivity contribution in [3.8, 4) is 5.88 Å². The summed E-state index contributed by atoms with van der Waals surface area (Å²) >= 11 is 0. The quantitative estimate of drug-likeness (QED) is 0.286. The summed E-state index contributed by atoms with van der Waals surface area (Å²) in [5.41, 5.74) is -0.147. The summed E-state index contributed by atoms with van der Waals surface area (Å²) in [6.45, 7) is 5.52. The van der Waals surface area contributed by atoms with Crippen LogP contribution in [0.1, 0.15) is 12.0 Å². The molecule has 1 aromatic carbocycles. The number of carbonyl (C=O) groups is 2. The molecule has 15 heteroatoms. The number of likely N-dealkylation sites (N-methyl/N-ethyl adjacent to an activating group) is 1. The number of rotatable bonds is 10. The van der Waals surface area contributed by atoms with E-state index >= 15 is 0 Å². The van der Waals surface area contributed by atoms with E-state index in [1.807, 2.05) is 16.8 Å². The van der Waals surface area contributed by atoms with E-state index in [9.17, 15) is 22.8 Å². The second-order valence-electron chi connectivity index (χ2n) is 10.3. The molecule has 232 valence electrons. The van der Waals surface area contributed by atoms with E-state index in [2.05, 4.69) is 37.5 Å². The van der Waals surface area contributed by atoms with Crippen LogP contribution in [-0.4, -0.2) is 78.2 Å². The van der Waals surface area contributed by atoms with E-state index in [4.69, 9.17) is 9.47 Å². The molecule has 2 aliphatic heterocycles. The van der Waals surface area contributed by atoms with Crippen molar-refractivity contribution in [2.45, 2.75) is 18.6 Å². The van der Waals surface area contributed by atoms with Crippen molar-refractivity contribution in [2.75, 3.05) is 61.3 Å². The molecular weight excluding hydrogens is 581 g/mol. The molecule has 1 atom stereocenters. The van der Waals surface area contributed by atoms with Gasteiger partial charge in [0.25, 0.3) is 0 Å². The third-order valence-corrected chi connectivity index (χ3v) is 7.33. The second kappa shape index (κ2) is 12.8. The highest BCUT2D eigenvalue weighted by molar-refractivity contribution is 5.99. The molecule has 2 aliphatic rings. The first-order chi connectivity index (χ1) is 21.0. The van der Waals surface area contributed by atoms with Crippen LogP contribution in [-0.2, 0) is 20.5 Å². The first-order valence-corrected chi connectivity index (χ1v) is 13.7. The number of likely N-dealkylation sites (tertiary alicyclic amines) is 1. The van der Waals surface area contributed by atoms with Gasteiger partial charge in [-0.2, -0.15) is 23.1 Å². The van der Waals surface area contributed by atoms with E-state index in [-0.39, 0.29) is 35.4 Å². The standard InChI is InChI=1S/C29H31F3N8O4/c1-4-24(41)34-18-6-5-7-19(12-18)35-25-21(29(30,31)32)13-33-28(38-25)36-22-8-9-23(37-26(22)43-3)39(2)20-10-11-40(14-20)27(42)17-15-44-16-17/h4-9,12-13,17,20H,1,10-11,14-16H2,2-3H3,(H,34,41)(H2,33,35,36,38). The van der Waals surface area contributed by atoms with Crippen LogP contribution in [0.15, 0.2) is 55.3 Å². The number of hydrogen-bond donors (Lipinski definition) is 3. The van der Waals surface area contributed by atoms with Crippen molar-refractivity contribution >= 4 is 46.5 Å². The summed E-state index contributed by atoms with van der Waals surface area (Å²) in [5.74, 6) is -0.294. The maximum atomic E-state index is 13.8. The molecule has 2 aromatic heterocycles. The third kappa shape index (κ3) is 6.83. The van der Waals surface area contributed by atoms with Crippen LogP contribution in [0.5, 0.6) is 5.88 Å². The molecule has 44 heavy (non-hydrogen) atoms. The van der Waals surface area contributed by atoms with Crippen molar-refractivity contribution in [3.05, 3.63) is 60.8 Å². The topological polar surface area (TPSA) is 134 Å². The third-order valence-electron chi connectivity index (χ3n) is 7.33. The lowest BCUT2D eigenvalue weighted by Gasteiger charge is -2.30. The predicted molar refractivity (Wildman–Crippen MR) is 157 cm³/mol. The zero-order valence-electron chi connectivity index (χ0n) is 24.0. The molecule has 12 nitrogen and oxygen atoms in total. The number of aromatic nitrogens is 3. The van der Waals surface area contributed by atoms with Gasteiger partial charge in [0.15, 0.2) is 0 Å². The van der Waals surface area contributed by atoms with Crippen LogP contribution in [0.25, 0.3) is 0 Å². The fourth-order valence-corrected chi connectivity index (χ4v) is 4.83. The van der Waals surface area contributed by atoms with Gasteiger partial charge in [0.2, 0.25) is 23.6 Å². The van der Waals surface area contributed by atoms with Gasteiger partial charge in [-0.05, 0) is 42.8 Å². The minimum atomic E-state index is -4.74. The van der Waals surface area contributed by atoms with Gasteiger partial charge < -0.3 is 35.2 Å². The number of benzene rings is 1. The molecule has 5 rings (SSSR count). The number of carbonyl (C=O) groups excluding carboxylic acids is 2. The van der Waals surface area contributed by atoms with Crippen LogP contribution in [0.4, 0.5) is 47.8 Å². The summed E-state index contributed by atoms with van der Waals surface area (Å²) in [7, 11) is 3.31. The second-order valence-corrected chi connectivity index (χ2v) is 10.3. The molecule has 4 heterocycles. The number of alkyl halides is 3. The van der Waals surface area contributed by atoms with E-state index in [1.165, 1.54) is 19.2 Å². The minimum absolute atomic E-state index is 0.0476. The zero-order chi connectivity index (χ0) is 31.4. The van der Waals surface area contributed by atoms with Crippen molar-refractivity contribution in [1.29, 1.82) is 0 Å². The molecule has 0 spiro atoms. The molecule has 3 aromatic rings. The number of halogens is 3. The van der Waals surface area contributed by atoms with E-state index in [1.54, 1.807) is 24.3 Å². The number of ether oxygens (including phenoxy) is 2. The monoisotopic (exact) mass is 612 g/mol. The van der Waals surface area contributed by atoms with E-state index in [0.29, 0.717) is 49.7 Å².